The van der Waals surface area contributed by atoms with Gasteiger partial charge in [0.05, 0.1) is 0 Å². The molecule has 17 heavy (non-hydrogen) atoms. The van der Waals surface area contributed by atoms with E-state index in [0.29, 0.717) is 6.42 Å². The molecule has 0 aromatic heterocycles. The van der Waals surface area contributed by atoms with Crippen molar-refractivity contribution in [2.24, 2.45) is 5.41 Å². The average molecular weight is 242 g/mol. The normalized spacial score (nSPS) is 24.1. The van der Waals surface area contributed by atoms with E-state index in [1.807, 2.05) is 0 Å². The summed E-state index contributed by atoms with van der Waals surface area (Å²) in [5.74, 6) is -0.992. The van der Waals surface area contributed by atoms with Crippen LogP contribution in [0.5, 0.6) is 0 Å². The minimum Gasteiger partial charge on any atom is -0.480 e. The zero-order valence-electron chi connectivity index (χ0n) is 10.7. The molecule has 0 aromatic rings. The lowest BCUT2D eigenvalue weighted by atomic mass is 9.87. The molecule has 0 bridgehead atoms. The van der Waals surface area contributed by atoms with Crippen LogP contribution >= 0.6 is 0 Å². The van der Waals surface area contributed by atoms with Gasteiger partial charge in [-0.2, -0.15) is 0 Å². The number of hydrogen-bond acceptors (Lipinski definition) is 2. The van der Waals surface area contributed by atoms with E-state index in [9.17, 15) is 9.59 Å². The van der Waals surface area contributed by atoms with Gasteiger partial charge >= 0.3 is 12.0 Å². The lowest BCUT2D eigenvalue weighted by Gasteiger charge is -2.28. The van der Waals surface area contributed by atoms with Crippen molar-refractivity contribution in [1.29, 1.82) is 0 Å². The molecule has 0 aliphatic heterocycles. The monoisotopic (exact) mass is 242 g/mol. The van der Waals surface area contributed by atoms with Crippen molar-refractivity contribution in [3.05, 3.63) is 0 Å². The Labute approximate surface area is 102 Å². The molecule has 0 spiro atoms. The van der Waals surface area contributed by atoms with Crippen molar-refractivity contribution in [3.8, 4) is 0 Å². The molecule has 1 unspecified atom stereocenters. The fraction of sp³-hybridized carbons (Fsp3) is 0.833. The third-order valence-electron chi connectivity index (χ3n) is 3.57. The summed E-state index contributed by atoms with van der Waals surface area (Å²) in [5.41, 5.74) is 0.0995. The second-order valence-electron chi connectivity index (χ2n) is 5.35. The fourth-order valence-electron chi connectivity index (χ4n) is 2.29. The van der Waals surface area contributed by atoms with E-state index in [0.717, 1.165) is 19.3 Å². The Bertz CT molecular complexity index is 302. The summed E-state index contributed by atoms with van der Waals surface area (Å²) >= 11 is 0. The lowest BCUT2D eigenvalue weighted by molar-refractivity contribution is -0.139. The quantitative estimate of drug-likeness (QED) is 0.702. The molecule has 1 aliphatic rings. The first-order chi connectivity index (χ1) is 7.86. The van der Waals surface area contributed by atoms with Crippen LogP contribution in [0.3, 0.4) is 0 Å². The van der Waals surface area contributed by atoms with Crippen LogP contribution in [0, 0.1) is 5.41 Å². The molecular formula is C12H22N2O3. The van der Waals surface area contributed by atoms with Gasteiger partial charge in [0, 0.05) is 6.04 Å². The molecule has 0 aromatic carbocycles. The molecule has 98 valence electrons. The Morgan fingerprint density at radius 2 is 2.12 bits per heavy atom. The molecule has 1 fully saturated rings. The van der Waals surface area contributed by atoms with E-state index in [2.05, 4.69) is 24.5 Å². The summed E-state index contributed by atoms with van der Waals surface area (Å²) < 4.78 is 0. The topological polar surface area (TPSA) is 78.4 Å². The van der Waals surface area contributed by atoms with Crippen LogP contribution < -0.4 is 10.6 Å². The van der Waals surface area contributed by atoms with Crippen molar-refractivity contribution < 1.29 is 14.7 Å². The van der Waals surface area contributed by atoms with Gasteiger partial charge in [-0.1, -0.05) is 27.2 Å². The van der Waals surface area contributed by atoms with Crippen molar-refractivity contribution in [3.63, 3.8) is 0 Å². The SMILES string of the molecule is CC[C@H](NC(=O)NC1CCCC1(C)C)C(=O)O. The van der Waals surface area contributed by atoms with Gasteiger partial charge in [0.1, 0.15) is 6.04 Å². The number of carboxylic acid groups (broad SMARTS) is 1. The van der Waals surface area contributed by atoms with E-state index >= 15 is 0 Å². The zero-order valence-corrected chi connectivity index (χ0v) is 10.7. The number of carbonyl (C=O) groups is 2. The number of amides is 2. The van der Waals surface area contributed by atoms with Gasteiger partial charge in [-0.25, -0.2) is 9.59 Å². The highest BCUT2D eigenvalue weighted by Gasteiger charge is 2.35. The van der Waals surface area contributed by atoms with Crippen LogP contribution in [0.15, 0.2) is 0 Å². The Morgan fingerprint density at radius 3 is 2.53 bits per heavy atom. The highest BCUT2D eigenvalue weighted by Crippen LogP contribution is 2.36. The molecule has 1 aliphatic carbocycles. The van der Waals surface area contributed by atoms with Gasteiger partial charge in [0.25, 0.3) is 0 Å². The predicted octanol–water partition coefficient (Wildman–Crippen LogP) is 1.73. The first-order valence-electron chi connectivity index (χ1n) is 6.16. The highest BCUT2D eigenvalue weighted by atomic mass is 16.4. The smallest absolute Gasteiger partial charge is 0.326 e. The number of aliphatic carboxylic acids is 1. The van der Waals surface area contributed by atoms with Gasteiger partial charge in [0.15, 0.2) is 0 Å². The van der Waals surface area contributed by atoms with E-state index in [-0.39, 0.29) is 17.5 Å². The van der Waals surface area contributed by atoms with Crippen LogP contribution in [0.4, 0.5) is 4.79 Å². The Kier molecular flexibility index (Phi) is 4.37. The van der Waals surface area contributed by atoms with Crippen LogP contribution in [0.1, 0.15) is 46.5 Å². The van der Waals surface area contributed by atoms with Gasteiger partial charge in [-0.15, -0.1) is 0 Å². The zero-order chi connectivity index (χ0) is 13.1. The van der Waals surface area contributed by atoms with Crippen molar-refractivity contribution >= 4 is 12.0 Å². The fourth-order valence-corrected chi connectivity index (χ4v) is 2.29. The molecule has 1 rings (SSSR count). The number of hydrogen-bond donors (Lipinski definition) is 3. The summed E-state index contributed by atoms with van der Waals surface area (Å²) in [6.45, 7) is 5.98. The summed E-state index contributed by atoms with van der Waals surface area (Å²) in [4.78, 5) is 22.5. The van der Waals surface area contributed by atoms with E-state index in [4.69, 9.17) is 5.11 Å². The molecule has 2 amide bonds. The molecule has 0 radical (unpaired) electrons. The summed E-state index contributed by atoms with van der Waals surface area (Å²) in [5, 5.41) is 14.2. The maximum Gasteiger partial charge on any atom is 0.326 e. The van der Waals surface area contributed by atoms with Gasteiger partial charge in [-0.3, -0.25) is 0 Å². The second kappa shape index (κ2) is 5.38. The van der Waals surface area contributed by atoms with Crippen LogP contribution in [0.25, 0.3) is 0 Å². The highest BCUT2D eigenvalue weighted by molar-refractivity contribution is 5.82. The van der Waals surface area contributed by atoms with Crippen molar-refractivity contribution in [2.75, 3.05) is 0 Å². The summed E-state index contributed by atoms with van der Waals surface area (Å²) in [6.07, 6.45) is 3.54. The molecular weight excluding hydrogens is 220 g/mol. The number of carboxylic acids is 1. The molecule has 5 nitrogen and oxygen atoms in total. The maximum absolute atomic E-state index is 11.7. The third kappa shape index (κ3) is 3.61. The number of urea groups is 1. The largest absolute Gasteiger partial charge is 0.480 e. The minimum absolute atomic E-state index is 0.0995. The Morgan fingerprint density at radius 1 is 1.47 bits per heavy atom. The number of carbonyl (C=O) groups excluding carboxylic acids is 1. The van der Waals surface area contributed by atoms with Gasteiger partial charge in [-0.05, 0) is 24.7 Å². The number of nitrogens with one attached hydrogen (secondary N) is 2. The molecule has 1 saturated carbocycles. The minimum atomic E-state index is -0.992. The predicted molar refractivity (Wildman–Crippen MR) is 64.8 cm³/mol. The van der Waals surface area contributed by atoms with Gasteiger partial charge < -0.3 is 15.7 Å². The van der Waals surface area contributed by atoms with Crippen molar-refractivity contribution in [2.45, 2.75) is 58.5 Å². The molecule has 0 saturated heterocycles. The molecule has 2 atom stereocenters. The van der Waals surface area contributed by atoms with E-state index in [1.54, 1.807) is 6.92 Å². The van der Waals surface area contributed by atoms with Crippen molar-refractivity contribution in [1.82, 2.24) is 10.6 Å². The van der Waals surface area contributed by atoms with Crippen LogP contribution in [-0.2, 0) is 4.79 Å². The standard InChI is InChI=1S/C12H22N2O3/c1-4-8(10(15)16)13-11(17)14-9-6-5-7-12(9,2)3/h8-9H,4-7H2,1-3H3,(H,15,16)(H2,13,14,17)/t8-,9?/m0/s1. The van der Waals surface area contributed by atoms with Crippen LogP contribution in [0.2, 0.25) is 0 Å². The molecule has 0 heterocycles. The average Bonchev–Trinajstić information content (AvgIpc) is 2.54. The summed E-state index contributed by atoms with van der Waals surface area (Å²) in [7, 11) is 0. The second-order valence-corrected chi connectivity index (χ2v) is 5.35. The Hall–Kier alpha value is -1.26. The first kappa shape index (κ1) is 13.8. The molecule has 3 N–H and O–H groups in total. The van der Waals surface area contributed by atoms with E-state index in [1.165, 1.54) is 0 Å². The molecule has 5 heteroatoms. The van der Waals surface area contributed by atoms with Crippen LogP contribution in [-0.4, -0.2) is 29.2 Å². The number of rotatable bonds is 4. The Balaban J connectivity index is 2.47. The van der Waals surface area contributed by atoms with Gasteiger partial charge in [0.2, 0.25) is 0 Å². The first-order valence-corrected chi connectivity index (χ1v) is 6.16. The maximum atomic E-state index is 11.7. The third-order valence-corrected chi connectivity index (χ3v) is 3.57. The van der Waals surface area contributed by atoms with E-state index < -0.39 is 12.0 Å². The summed E-state index contributed by atoms with van der Waals surface area (Å²) in [6, 6.07) is -1.05. The lowest BCUT2D eigenvalue weighted by Crippen LogP contribution is -2.51.